The number of phosphoric ester groups is 2. The quantitative estimate of drug-likeness (QED) is 0.390. The van der Waals surface area contributed by atoms with Gasteiger partial charge in [0.2, 0.25) is 0 Å². The van der Waals surface area contributed by atoms with Crippen molar-refractivity contribution in [3.8, 4) is 0 Å². The topological polar surface area (TPSA) is 158 Å². The molecule has 3 N–H and O–H groups in total. The molecule has 136 valence electrons. The molecule has 0 aromatic heterocycles. The SMILES string of the molecule is BC1OC(COP(=O)(O)OP(=O)(O)OP(=O)(O)OC)[C@H](C)C1C. The van der Waals surface area contributed by atoms with Gasteiger partial charge < -0.3 is 19.4 Å². The van der Waals surface area contributed by atoms with Gasteiger partial charge in [-0.2, -0.15) is 8.62 Å². The predicted octanol–water partition coefficient (Wildman–Crippen LogP) is 0.614. The van der Waals surface area contributed by atoms with Crippen LogP contribution in [-0.2, 0) is 36.1 Å². The maximum absolute atomic E-state index is 11.7. The molecule has 0 aromatic rings. The first kappa shape index (κ1) is 21.5. The third kappa shape index (κ3) is 6.69. The van der Waals surface area contributed by atoms with Gasteiger partial charge in [-0.05, 0) is 11.8 Å². The fourth-order valence-electron chi connectivity index (χ4n) is 1.98. The molecule has 0 spiro atoms. The molecule has 23 heavy (non-hydrogen) atoms. The Kier molecular flexibility index (Phi) is 7.25. The van der Waals surface area contributed by atoms with Crippen LogP contribution in [0.4, 0.5) is 0 Å². The van der Waals surface area contributed by atoms with E-state index >= 15 is 0 Å². The van der Waals surface area contributed by atoms with Crippen LogP contribution < -0.4 is 0 Å². The van der Waals surface area contributed by atoms with Crippen molar-refractivity contribution >= 4 is 31.3 Å². The van der Waals surface area contributed by atoms with Gasteiger partial charge in [0.25, 0.3) is 0 Å². The molecule has 6 unspecified atom stereocenters. The summed E-state index contributed by atoms with van der Waals surface area (Å²) in [5.41, 5.74) is 0. The Morgan fingerprint density at radius 2 is 1.52 bits per heavy atom. The summed E-state index contributed by atoms with van der Waals surface area (Å²) in [5.74, 6) is 0.213. The molecule has 11 nitrogen and oxygen atoms in total. The summed E-state index contributed by atoms with van der Waals surface area (Å²) in [6.07, 6.45) is -0.508. The number of phosphoric acid groups is 3. The monoisotopic (exact) mass is 396 g/mol. The molecular formula is C8H20BO11P3. The molecule has 0 bridgehead atoms. The summed E-state index contributed by atoms with van der Waals surface area (Å²) in [4.78, 5) is 27.5. The molecule has 1 aliphatic heterocycles. The van der Waals surface area contributed by atoms with Crippen molar-refractivity contribution < 1.29 is 50.8 Å². The van der Waals surface area contributed by atoms with Gasteiger partial charge in [-0.15, -0.1) is 0 Å². The van der Waals surface area contributed by atoms with Crippen LogP contribution in [-0.4, -0.2) is 48.4 Å². The minimum atomic E-state index is -5.37. The largest absolute Gasteiger partial charge is 0.490 e. The van der Waals surface area contributed by atoms with E-state index in [0.717, 1.165) is 7.11 Å². The lowest BCUT2D eigenvalue weighted by Gasteiger charge is -2.20. The van der Waals surface area contributed by atoms with Crippen LogP contribution in [0.3, 0.4) is 0 Å². The van der Waals surface area contributed by atoms with Gasteiger partial charge >= 0.3 is 23.5 Å². The second-order valence-electron chi connectivity index (χ2n) is 5.15. The molecule has 15 heteroatoms. The van der Waals surface area contributed by atoms with E-state index in [1.807, 2.05) is 21.7 Å². The van der Waals surface area contributed by atoms with Gasteiger partial charge in [-0.1, -0.05) is 13.8 Å². The molecule has 0 aliphatic carbocycles. The van der Waals surface area contributed by atoms with Crippen molar-refractivity contribution in [1.29, 1.82) is 0 Å². The minimum Gasteiger partial charge on any atom is -0.381 e. The summed E-state index contributed by atoms with van der Waals surface area (Å²) < 4.78 is 55.9. The molecule has 0 radical (unpaired) electrons. The molecule has 7 atom stereocenters. The van der Waals surface area contributed by atoms with Crippen molar-refractivity contribution in [2.75, 3.05) is 13.7 Å². The molecular weight excluding hydrogens is 376 g/mol. The predicted molar refractivity (Wildman–Crippen MR) is 80.1 cm³/mol. The first-order chi connectivity index (χ1) is 10.3. The van der Waals surface area contributed by atoms with E-state index in [2.05, 4.69) is 17.7 Å². The van der Waals surface area contributed by atoms with Gasteiger partial charge in [0.15, 0.2) is 0 Å². The normalized spacial score (nSPS) is 36.1. The lowest BCUT2D eigenvalue weighted by atomic mass is 9.82. The van der Waals surface area contributed by atoms with Crippen molar-refractivity contribution in [2.45, 2.75) is 26.0 Å². The van der Waals surface area contributed by atoms with Gasteiger partial charge in [0.1, 0.15) is 7.85 Å². The van der Waals surface area contributed by atoms with E-state index in [4.69, 9.17) is 9.63 Å². The molecule has 1 fully saturated rings. The third-order valence-corrected chi connectivity index (χ3v) is 7.83. The highest BCUT2D eigenvalue weighted by molar-refractivity contribution is 7.66. The number of hydrogen-bond donors (Lipinski definition) is 3. The maximum Gasteiger partial charge on any atom is 0.490 e. The van der Waals surface area contributed by atoms with E-state index < -0.39 is 29.6 Å². The van der Waals surface area contributed by atoms with Gasteiger partial charge in [0.05, 0.1) is 12.7 Å². The van der Waals surface area contributed by atoms with E-state index in [1.165, 1.54) is 0 Å². The molecule has 1 saturated heterocycles. The molecule has 0 saturated carbocycles. The van der Waals surface area contributed by atoms with Crippen LogP contribution in [0, 0.1) is 11.8 Å². The Morgan fingerprint density at radius 3 is 1.96 bits per heavy atom. The highest BCUT2D eigenvalue weighted by Gasteiger charge is 2.43. The van der Waals surface area contributed by atoms with Crippen LogP contribution in [0.25, 0.3) is 0 Å². The fourth-order valence-corrected chi connectivity index (χ4v) is 5.25. The lowest BCUT2D eigenvalue weighted by Crippen LogP contribution is -2.21. The summed E-state index contributed by atoms with van der Waals surface area (Å²) in [5, 5.41) is 0. The molecule has 0 amide bonds. The second-order valence-corrected chi connectivity index (χ2v) is 9.89. The maximum atomic E-state index is 11.7. The van der Waals surface area contributed by atoms with Crippen molar-refractivity contribution in [2.24, 2.45) is 11.8 Å². The first-order valence-corrected chi connectivity index (χ1v) is 11.0. The van der Waals surface area contributed by atoms with Crippen LogP contribution in [0.1, 0.15) is 13.8 Å². The zero-order valence-electron chi connectivity index (χ0n) is 13.0. The highest BCUT2D eigenvalue weighted by atomic mass is 31.3. The van der Waals surface area contributed by atoms with E-state index in [9.17, 15) is 23.5 Å². The summed E-state index contributed by atoms with van der Waals surface area (Å²) in [6.45, 7) is 3.44. The summed E-state index contributed by atoms with van der Waals surface area (Å²) in [6, 6.07) is -0.0770. The van der Waals surface area contributed by atoms with Crippen molar-refractivity contribution in [1.82, 2.24) is 0 Å². The highest BCUT2D eigenvalue weighted by Crippen LogP contribution is 2.67. The number of ether oxygens (including phenoxy) is 1. The molecule has 1 rings (SSSR count). The van der Waals surface area contributed by atoms with Crippen LogP contribution in [0.15, 0.2) is 0 Å². The lowest BCUT2D eigenvalue weighted by molar-refractivity contribution is 0.0265. The fraction of sp³-hybridized carbons (Fsp3) is 1.00. The average molecular weight is 396 g/mol. The number of rotatable bonds is 8. The minimum absolute atomic E-state index is 0.0216. The Labute approximate surface area is 134 Å². The van der Waals surface area contributed by atoms with E-state index in [0.29, 0.717) is 0 Å². The van der Waals surface area contributed by atoms with Crippen LogP contribution in [0.2, 0.25) is 0 Å². The molecule has 0 aromatic carbocycles. The first-order valence-electron chi connectivity index (χ1n) is 6.55. The average Bonchev–Trinajstić information content (AvgIpc) is 2.61. The molecule has 1 heterocycles. The van der Waals surface area contributed by atoms with Crippen molar-refractivity contribution in [3.05, 3.63) is 0 Å². The van der Waals surface area contributed by atoms with Crippen molar-refractivity contribution in [3.63, 3.8) is 0 Å². The zero-order valence-corrected chi connectivity index (χ0v) is 15.6. The van der Waals surface area contributed by atoms with E-state index in [1.54, 1.807) is 0 Å². The standard InChI is InChI=1S/C8H20BO11P3/c1-5-6(2)8(9)18-7(5)4-17-22(12,13)20-23(14,15)19-21(10,11)16-3/h5-8H,4,9H2,1-3H3,(H,10,11)(H,12,13)(H,14,15)/t5-,6?,7?,8?/m1/s1. The smallest absolute Gasteiger partial charge is 0.381 e. The van der Waals surface area contributed by atoms with Gasteiger partial charge in [0, 0.05) is 13.1 Å². The molecule has 1 aliphatic rings. The summed E-state index contributed by atoms with van der Waals surface area (Å²) in [7, 11) is -12.7. The second kappa shape index (κ2) is 7.76. The zero-order chi connectivity index (χ0) is 18.1. The summed E-state index contributed by atoms with van der Waals surface area (Å²) >= 11 is 0. The van der Waals surface area contributed by atoms with Crippen LogP contribution >= 0.6 is 23.5 Å². The Balaban J connectivity index is 2.61. The Hall–Kier alpha value is 0.435. The Bertz CT molecular complexity index is 555. The van der Waals surface area contributed by atoms with Crippen LogP contribution in [0.5, 0.6) is 0 Å². The Morgan fingerprint density at radius 1 is 1.00 bits per heavy atom. The van der Waals surface area contributed by atoms with E-state index in [-0.39, 0.29) is 24.4 Å². The van der Waals surface area contributed by atoms with Gasteiger partial charge in [-0.3, -0.25) is 9.05 Å². The third-order valence-electron chi connectivity index (χ3n) is 3.59. The number of hydrogen-bond acceptors (Lipinski definition) is 8. The van der Waals surface area contributed by atoms with Gasteiger partial charge in [-0.25, -0.2) is 13.7 Å².